The van der Waals surface area contributed by atoms with Crippen molar-refractivity contribution >= 4 is 5.69 Å². The summed E-state index contributed by atoms with van der Waals surface area (Å²) < 4.78 is 0. The summed E-state index contributed by atoms with van der Waals surface area (Å²) in [5.74, 6) is 0. The molecule has 0 radical (unpaired) electrons. The Morgan fingerprint density at radius 1 is 1.44 bits per heavy atom. The fourth-order valence-electron chi connectivity index (χ4n) is 2.37. The summed E-state index contributed by atoms with van der Waals surface area (Å²) in [6.45, 7) is 8.92. The first-order valence-corrected chi connectivity index (χ1v) is 6.27. The Bertz CT molecular complexity index is 348. The highest BCUT2D eigenvalue weighted by Crippen LogP contribution is 2.21. The van der Waals surface area contributed by atoms with Gasteiger partial charge in [-0.15, -0.1) is 0 Å². The van der Waals surface area contributed by atoms with Gasteiger partial charge in [0.25, 0.3) is 0 Å². The van der Waals surface area contributed by atoms with Crippen LogP contribution in [0.2, 0.25) is 0 Å². The average molecular weight is 218 g/mol. The standard InChI is InChI=1S/C14H22N2/c1-4-13-10-16(12(3)9-15-13)14-7-5-6-11(2)8-14/h5-8,12-13,15H,4,9-10H2,1-3H3. The quantitative estimate of drug-likeness (QED) is 0.820. The number of hydrogen-bond donors (Lipinski definition) is 1. The van der Waals surface area contributed by atoms with Crippen LogP contribution < -0.4 is 10.2 Å². The van der Waals surface area contributed by atoms with Crippen LogP contribution in [0.5, 0.6) is 0 Å². The van der Waals surface area contributed by atoms with Crippen LogP contribution in [-0.2, 0) is 0 Å². The topological polar surface area (TPSA) is 15.3 Å². The number of nitrogens with zero attached hydrogens (tertiary/aromatic N) is 1. The van der Waals surface area contributed by atoms with Gasteiger partial charge in [0.15, 0.2) is 0 Å². The third-order valence-corrected chi connectivity index (χ3v) is 3.48. The van der Waals surface area contributed by atoms with Gasteiger partial charge in [0.05, 0.1) is 0 Å². The molecule has 1 aliphatic rings. The van der Waals surface area contributed by atoms with Crippen LogP contribution in [0.4, 0.5) is 5.69 Å². The van der Waals surface area contributed by atoms with Crippen LogP contribution >= 0.6 is 0 Å². The Labute approximate surface area is 98.7 Å². The van der Waals surface area contributed by atoms with Gasteiger partial charge in [-0.2, -0.15) is 0 Å². The molecule has 0 spiro atoms. The monoisotopic (exact) mass is 218 g/mol. The zero-order chi connectivity index (χ0) is 11.5. The van der Waals surface area contributed by atoms with Crippen LogP contribution in [0.1, 0.15) is 25.8 Å². The molecule has 1 aliphatic heterocycles. The van der Waals surface area contributed by atoms with Crippen molar-refractivity contribution in [1.29, 1.82) is 0 Å². The van der Waals surface area contributed by atoms with E-state index in [1.165, 1.54) is 17.7 Å². The highest BCUT2D eigenvalue weighted by Gasteiger charge is 2.23. The highest BCUT2D eigenvalue weighted by molar-refractivity contribution is 5.50. The van der Waals surface area contributed by atoms with E-state index in [9.17, 15) is 0 Å². The third-order valence-electron chi connectivity index (χ3n) is 3.48. The molecular formula is C14H22N2. The van der Waals surface area contributed by atoms with Crippen molar-refractivity contribution in [2.75, 3.05) is 18.0 Å². The van der Waals surface area contributed by atoms with Gasteiger partial charge < -0.3 is 10.2 Å². The second-order valence-electron chi connectivity index (χ2n) is 4.85. The van der Waals surface area contributed by atoms with Crippen LogP contribution in [0.25, 0.3) is 0 Å². The van der Waals surface area contributed by atoms with E-state index in [4.69, 9.17) is 0 Å². The van der Waals surface area contributed by atoms with E-state index >= 15 is 0 Å². The minimum Gasteiger partial charge on any atom is -0.366 e. The van der Waals surface area contributed by atoms with Crippen molar-refractivity contribution in [3.8, 4) is 0 Å². The smallest absolute Gasteiger partial charge is 0.0387 e. The summed E-state index contributed by atoms with van der Waals surface area (Å²) in [4.78, 5) is 2.53. The Kier molecular flexibility index (Phi) is 3.49. The molecule has 1 saturated heterocycles. The van der Waals surface area contributed by atoms with E-state index in [2.05, 4.69) is 55.3 Å². The molecule has 0 amide bonds. The van der Waals surface area contributed by atoms with E-state index in [-0.39, 0.29) is 0 Å². The first-order valence-electron chi connectivity index (χ1n) is 6.27. The van der Waals surface area contributed by atoms with Gasteiger partial charge in [0.1, 0.15) is 0 Å². The summed E-state index contributed by atoms with van der Waals surface area (Å²) >= 11 is 0. The summed E-state index contributed by atoms with van der Waals surface area (Å²) in [5.41, 5.74) is 2.71. The number of hydrogen-bond acceptors (Lipinski definition) is 2. The predicted octanol–water partition coefficient (Wildman–Crippen LogP) is 2.57. The molecule has 2 nitrogen and oxygen atoms in total. The number of aryl methyl sites for hydroxylation is 1. The molecule has 1 aromatic carbocycles. The highest BCUT2D eigenvalue weighted by atomic mass is 15.2. The zero-order valence-corrected chi connectivity index (χ0v) is 10.5. The van der Waals surface area contributed by atoms with Crippen LogP contribution in [0, 0.1) is 6.92 Å². The molecule has 1 heterocycles. The van der Waals surface area contributed by atoms with Gasteiger partial charge in [-0.05, 0) is 38.0 Å². The average Bonchev–Trinajstić information content (AvgIpc) is 2.30. The molecule has 88 valence electrons. The van der Waals surface area contributed by atoms with E-state index in [1.807, 2.05) is 0 Å². The lowest BCUT2D eigenvalue weighted by Gasteiger charge is -2.40. The maximum absolute atomic E-state index is 3.59. The Hall–Kier alpha value is -1.02. The number of anilines is 1. The lowest BCUT2D eigenvalue weighted by molar-refractivity contribution is 0.397. The van der Waals surface area contributed by atoms with Gasteiger partial charge in [0, 0.05) is 30.9 Å². The molecule has 0 aliphatic carbocycles. The molecule has 0 bridgehead atoms. The molecule has 0 saturated carbocycles. The molecule has 1 N–H and O–H groups in total. The molecule has 16 heavy (non-hydrogen) atoms. The van der Waals surface area contributed by atoms with E-state index < -0.39 is 0 Å². The molecule has 2 atom stereocenters. The molecule has 1 aromatic rings. The largest absolute Gasteiger partial charge is 0.366 e. The van der Waals surface area contributed by atoms with Crippen molar-refractivity contribution in [3.63, 3.8) is 0 Å². The second kappa shape index (κ2) is 4.88. The molecule has 1 fully saturated rings. The summed E-state index contributed by atoms with van der Waals surface area (Å²) in [6.07, 6.45) is 1.20. The van der Waals surface area contributed by atoms with Crippen molar-refractivity contribution in [1.82, 2.24) is 5.32 Å². The first kappa shape index (κ1) is 11.5. The van der Waals surface area contributed by atoms with Crippen molar-refractivity contribution in [2.24, 2.45) is 0 Å². The Morgan fingerprint density at radius 3 is 2.94 bits per heavy atom. The van der Waals surface area contributed by atoms with Gasteiger partial charge in [-0.3, -0.25) is 0 Å². The third kappa shape index (κ3) is 2.38. The lowest BCUT2D eigenvalue weighted by Crippen LogP contribution is -2.55. The van der Waals surface area contributed by atoms with Gasteiger partial charge in [-0.25, -0.2) is 0 Å². The number of piperazine rings is 1. The number of benzene rings is 1. The normalized spacial score (nSPS) is 25.8. The van der Waals surface area contributed by atoms with Gasteiger partial charge in [0.2, 0.25) is 0 Å². The molecule has 2 heteroatoms. The fourth-order valence-corrected chi connectivity index (χ4v) is 2.37. The van der Waals surface area contributed by atoms with E-state index in [0.29, 0.717) is 12.1 Å². The minimum atomic E-state index is 0.588. The molecule has 2 rings (SSSR count). The fraction of sp³-hybridized carbons (Fsp3) is 0.571. The maximum atomic E-state index is 3.59. The van der Waals surface area contributed by atoms with Gasteiger partial charge in [-0.1, -0.05) is 19.1 Å². The van der Waals surface area contributed by atoms with E-state index in [1.54, 1.807) is 0 Å². The SMILES string of the molecule is CCC1CN(c2cccc(C)c2)C(C)CN1. The van der Waals surface area contributed by atoms with Crippen LogP contribution in [-0.4, -0.2) is 25.2 Å². The number of nitrogens with one attached hydrogen (secondary N) is 1. The van der Waals surface area contributed by atoms with Crippen LogP contribution in [0.15, 0.2) is 24.3 Å². The Morgan fingerprint density at radius 2 is 2.25 bits per heavy atom. The summed E-state index contributed by atoms with van der Waals surface area (Å²) in [5, 5.41) is 3.59. The summed E-state index contributed by atoms with van der Waals surface area (Å²) in [7, 11) is 0. The minimum absolute atomic E-state index is 0.588. The second-order valence-corrected chi connectivity index (χ2v) is 4.85. The Balaban J connectivity index is 2.17. The molecule has 2 unspecified atom stereocenters. The first-order chi connectivity index (χ1) is 7.70. The van der Waals surface area contributed by atoms with Crippen molar-refractivity contribution in [2.45, 2.75) is 39.3 Å². The number of rotatable bonds is 2. The van der Waals surface area contributed by atoms with Crippen molar-refractivity contribution < 1.29 is 0 Å². The van der Waals surface area contributed by atoms with Gasteiger partial charge >= 0.3 is 0 Å². The van der Waals surface area contributed by atoms with Crippen LogP contribution in [0.3, 0.4) is 0 Å². The van der Waals surface area contributed by atoms with Crippen molar-refractivity contribution in [3.05, 3.63) is 29.8 Å². The predicted molar refractivity (Wildman–Crippen MR) is 70.1 cm³/mol. The van der Waals surface area contributed by atoms with E-state index in [0.717, 1.165) is 13.1 Å². The summed E-state index contributed by atoms with van der Waals surface area (Å²) in [6, 6.07) is 10.0. The lowest BCUT2D eigenvalue weighted by atomic mass is 10.1. The molecular weight excluding hydrogens is 196 g/mol. The maximum Gasteiger partial charge on any atom is 0.0387 e. The molecule has 0 aromatic heterocycles. The zero-order valence-electron chi connectivity index (χ0n) is 10.5.